The van der Waals surface area contributed by atoms with E-state index in [0.717, 1.165) is 10.4 Å². The molecule has 4 nitrogen and oxygen atoms in total. The number of fused-ring (bicyclic) bond motifs is 1. The van der Waals surface area contributed by atoms with Gasteiger partial charge >= 0.3 is 0 Å². The summed E-state index contributed by atoms with van der Waals surface area (Å²) in [4.78, 5) is 4.76. The summed E-state index contributed by atoms with van der Waals surface area (Å²) in [6.45, 7) is 0. The zero-order chi connectivity index (χ0) is 6.97. The van der Waals surface area contributed by atoms with Crippen LogP contribution in [0.3, 0.4) is 0 Å². The number of aromatic amines is 1. The van der Waals surface area contributed by atoms with Crippen LogP contribution < -0.4 is 0 Å². The largest absolute Gasteiger partial charge is 0.255 e. The van der Waals surface area contributed by atoms with Gasteiger partial charge in [0, 0.05) is 11.1 Å². The molecule has 0 aliphatic carbocycles. The molecule has 1 N–H and O–H groups in total. The topological polar surface area (TPSA) is 54.5 Å². The average molecular weight is 152 g/mol. The van der Waals surface area contributed by atoms with Gasteiger partial charge in [0.2, 0.25) is 5.65 Å². The minimum Gasteiger partial charge on any atom is -0.255 e. The van der Waals surface area contributed by atoms with Crippen molar-refractivity contribution in [1.82, 2.24) is 20.4 Å². The second kappa shape index (κ2) is 1.95. The van der Waals surface area contributed by atoms with Gasteiger partial charge in [0.15, 0.2) is 0 Å². The predicted octanol–water partition coefficient (Wildman–Crippen LogP) is 0.642. The van der Waals surface area contributed by atoms with Crippen LogP contribution >= 0.6 is 12.6 Å². The Labute approximate surface area is 62.1 Å². The van der Waals surface area contributed by atoms with Gasteiger partial charge in [0.05, 0.1) is 0 Å². The molecule has 2 heterocycles. The highest BCUT2D eigenvalue weighted by molar-refractivity contribution is 7.80. The quantitative estimate of drug-likeness (QED) is 0.545. The first-order valence-electron chi connectivity index (χ1n) is 2.72. The molecule has 2 aromatic heterocycles. The standard InChI is InChI=1S/C5H4N4S/c10-3-1-2-6-5-4(3)7-9-8-5/h1-2H,(H2,6,7,8,9,10). The highest BCUT2D eigenvalue weighted by Gasteiger charge is 1.99. The number of hydrogen-bond donors (Lipinski definition) is 2. The average Bonchev–Trinajstić information content (AvgIpc) is 2.36. The fourth-order valence-corrected chi connectivity index (χ4v) is 0.963. The van der Waals surface area contributed by atoms with Crippen LogP contribution in [0.15, 0.2) is 17.2 Å². The second-order valence-electron chi connectivity index (χ2n) is 1.84. The van der Waals surface area contributed by atoms with Crippen molar-refractivity contribution >= 4 is 23.8 Å². The first-order valence-corrected chi connectivity index (χ1v) is 3.17. The van der Waals surface area contributed by atoms with Crippen LogP contribution in [0.4, 0.5) is 0 Å². The van der Waals surface area contributed by atoms with E-state index in [-0.39, 0.29) is 0 Å². The van der Waals surface area contributed by atoms with Crippen molar-refractivity contribution in [2.45, 2.75) is 4.90 Å². The highest BCUT2D eigenvalue weighted by Crippen LogP contribution is 2.13. The van der Waals surface area contributed by atoms with E-state index in [1.807, 2.05) is 0 Å². The lowest BCUT2D eigenvalue weighted by atomic mass is 10.4. The molecule has 0 bridgehead atoms. The third-order valence-electron chi connectivity index (χ3n) is 1.22. The molecule has 0 aromatic carbocycles. The Hall–Kier alpha value is -1.10. The van der Waals surface area contributed by atoms with E-state index in [1.165, 1.54) is 0 Å². The van der Waals surface area contributed by atoms with Crippen molar-refractivity contribution in [3.63, 3.8) is 0 Å². The van der Waals surface area contributed by atoms with E-state index in [9.17, 15) is 0 Å². The first kappa shape index (κ1) is 5.67. The van der Waals surface area contributed by atoms with Crippen LogP contribution in [0.1, 0.15) is 0 Å². The maximum Gasteiger partial charge on any atom is 0.202 e. The van der Waals surface area contributed by atoms with Gasteiger partial charge < -0.3 is 0 Å². The molecule has 0 fully saturated rings. The SMILES string of the molecule is Sc1ccnc2nn[nH]c12. The van der Waals surface area contributed by atoms with E-state index in [1.54, 1.807) is 12.3 Å². The van der Waals surface area contributed by atoms with Gasteiger partial charge in [-0.3, -0.25) is 5.10 Å². The van der Waals surface area contributed by atoms with Crippen LogP contribution in [0.2, 0.25) is 0 Å². The predicted molar refractivity (Wildman–Crippen MR) is 38.9 cm³/mol. The summed E-state index contributed by atoms with van der Waals surface area (Å²) in [5.74, 6) is 0. The summed E-state index contributed by atoms with van der Waals surface area (Å²) < 4.78 is 0. The van der Waals surface area contributed by atoms with Crippen molar-refractivity contribution in [1.29, 1.82) is 0 Å². The molecule has 0 spiro atoms. The lowest BCUT2D eigenvalue weighted by Crippen LogP contribution is -1.75. The van der Waals surface area contributed by atoms with Crippen molar-refractivity contribution in [2.75, 3.05) is 0 Å². The molecule has 2 aromatic rings. The van der Waals surface area contributed by atoms with Gasteiger partial charge in [0.25, 0.3) is 0 Å². The number of pyridine rings is 1. The molecule has 0 aliphatic heterocycles. The number of thiol groups is 1. The molecule has 10 heavy (non-hydrogen) atoms. The smallest absolute Gasteiger partial charge is 0.202 e. The van der Waals surface area contributed by atoms with E-state index in [4.69, 9.17) is 0 Å². The number of rotatable bonds is 0. The highest BCUT2D eigenvalue weighted by atomic mass is 32.1. The molecule has 50 valence electrons. The Bertz CT molecular complexity index is 355. The molecule has 0 atom stereocenters. The van der Waals surface area contributed by atoms with Gasteiger partial charge in [-0.25, -0.2) is 4.98 Å². The van der Waals surface area contributed by atoms with Crippen molar-refractivity contribution in [3.05, 3.63) is 12.3 Å². The number of hydrogen-bond acceptors (Lipinski definition) is 4. The summed E-state index contributed by atoms with van der Waals surface area (Å²) >= 11 is 4.17. The maximum absolute atomic E-state index is 4.17. The maximum atomic E-state index is 4.17. The summed E-state index contributed by atoms with van der Waals surface area (Å²) in [5.41, 5.74) is 1.39. The minimum absolute atomic E-state index is 0.604. The Balaban J connectivity index is 2.95. The molecule has 0 saturated heterocycles. The number of aromatic nitrogens is 4. The van der Waals surface area contributed by atoms with Crippen molar-refractivity contribution in [3.8, 4) is 0 Å². The van der Waals surface area contributed by atoms with Crippen LogP contribution in [0.25, 0.3) is 11.2 Å². The van der Waals surface area contributed by atoms with Crippen molar-refractivity contribution in [2.24, 2.45) is 0 Å². The summed E-state index contributed by atoms with van der Waals surface area (Å²) in [7, 11) is 0. The molecule has 2 rings (SSSR count). The van der Waals surface area contributed by atoms with Gasteiger partial charge in [-0.2, -0.15) is 0 Å². The van der Waals surface area contributed by atoms with Crippen molar-refractivity contribution < 1.29 is 0 Å². The van der Waals surface area contributed by atoms with Crippen LogP contribution in [0, 0.1) is 0 Å². The van der Waals surface area contributed by atoms with Crippen LogP contribution in [-0.2, 0) is 0 Å². The van der Waals surface area contributed by atoms with Gasteiger partial charge in [-0.15, -0.1) is 17.7 Å². The van der Waals surface area contributed by atoms with E-state index < -0.39 is 0 Å². The molecular weight excluding hydrogens is 148 g/mol. The fourth-order valence-electron chi connectivity index (χ4n) is 0.746. The van der Waals surface area contributed by atoms with Gasteiger partial charge in [-0.05, 0) is 6.07 Å². The fraction of sp³-hybridized carbons (Fsp3) is 0. The monoisotopic (exact) mass is 152 g/mol. The Morgan fingerprint density at radius 3 is 3.20 bits per heavy atom. The Kier molecular flexibility index (Phi) is 1.10. The normalized spacial score (nSPS) is 10.5. The lowest BCUT2D eigenvalue weighted by Gasteiger charge is -1.87. The summed E-state index contributed by atoms with van der Waals surface area (Å²) in [6, 6.07) is 1.78. The Morgan fingerprint density at radius 2 is 2.40 bits per heavy atom. The van der Waals surface area contributed by atoms with Gasteiger partial charge in [0.1, 0.15) is 5.52 Å². The lowest BCUT2D eigenvalue weighted by molar-refractivity contribution is 0.953. The molecule has 5 heteroatoms. The zero-order valence-corrected chi connectivity index (χ0v) is 5.84. The first-order chi connectivity index (χ1) is 4.88. The number of H-pyrrole nitrogens is 1. The molecule has 0 aliphatic rings. The zero-order valence-electron chi connectivity index (χ0n) is 4.94. The van der Waals surface area contributed by atoms with Gasteiger partial charge in [-0.1, -0.05) is 5.21 Å². The summed E-state index contributed by atoms with van der Waals surface area (Å²) in [5, 5.41) is 9.98. The second-order valence-corrected chi connectivity index (χ2v) is 2.32. The van der Waals surface area contributed by atoms with E-state index >= 15 is 0 Å². The molecule has 0 amide bonds. The molecule has 0 radical (unpaired) electrons. The Morgan fingerprint density at radius 1 is 1.50 bits per heavy atom. The van der Waals surface area contributed by atoms with Crippen LogP contribution in [-0.4, -0.2) is 20.4 Å². The van der Waals surface area contributed by atoms with E-state index in [2.05, 4.69) is 33.0 Å². The third kappa shape index (κ3) is 0.672. The van der Waals surface area contributed by atoms with Crippen LogP contribution in [0.5, 0.6) is 0 Å². The number of nitrogens with one attached hydrogen (secondary N) is 1. The minimum atomic E-state index is 0.604. The molecule has 0 unspecified atom stereocenters. The molecule has 0 saturated carbocycles. The molecular formula is C5H4N4S. The number of nitrogens with zero attached hydrogens (tertiary/aromatic N) is 3. The summed E-state index contributed by atoms with van der Waals surface area (Å²) in [6.07, 6.45) is 1.65. The van der Waals surface area contributed by atoms with E-state index in [0.29, 0.717) is 5.65 Å². The third-order valence-corrected chi connectivity index (χ3v) is 1.59.